The molecule has 0 bridgehead atoms. The number of allylic oxidation sites excluding steroid dienone is 2. The Bertz CT molecular complexity index is 200. The van der Waals surface area contributed by atoms with Crippen LogP contribution in [0.2, 0.25) is 0 Å². The third-order valence-electron chi connectivity index (χ3n) is 2.00. The fourth-order valence-corrected chi connectivity index (χ4v) is 1.46. The van der Waals surface area contributed by atoms with Crippen LogP contribution in [0.3, 0.4) is 0 Å². The highest BCUT2D eigenvalue weighted by Gasteiger charge is 2.28. The Morgan fingerprint density at radius 3 is 3.10 bits per heavy atom. The van der Waals surface area contributed by atoms with Crippen LogP contribution in [0.15, 0.2) is 24.3 Å². The summed E-state index contributed by atoms with van der Waals surface area (Å²) >= 11 is 0. The molecule has 1 amide bonds. The molecule has 1 heterocycles. The second-order valence-corrected chi connectivity index (χ2v) is 2.73. The Hall–Kier alpha value is -1.05. The van der Waals surface area contributed by atoms with Gasteiger partial charge in [-0.15, -0.1) is 0 Å². The van der Waals surface area contributed by atoms with Crippen molar-refractivity contribution in [3.05, 3.63) is 24.3 Å². The molecular formula is C8H11NO. The maximum Gasteiger partial charge on any atom is 0.221 e. The number of carbonyl (C=O) groups excluding carboxylic acids is 1. The van der Waals surface area contributed by atoms with Gasteiger partial charge in [0.25, 0.3) is 0 Å². The lowest BCUT2D eigenvalue weighted by molar-refractivity contribution is -0.119. The average molecular weight is 137 g/mol. The van der Waals surface area contributed by atoms with Gasteiger partial charge in [0.05, 0.1) is 6.04 Å². The Morgan fingerprint density at radius 1 is 1.50 bits per heavy atom. The molecule has 0 saturated carbocycles. The molecular weight excluding hydrogens is 126 g/mol. The van der Waals surface area contributed by atoms with Crippen molar-refractivity contribution in [2.45, 2.75) is 12.5 Å². The highest BCUT2D eigenvalue weighted by molar-refractivity contribution is 5.80. The minimum atomic E-state index is 0. The summed E-state index contributed by atoms with van der Waals surface area (Å²) in [5, 5.41) is 2.88. The van der Waals surface area contributed by atoms with Crippen LogP contribution in [-0.2, 0) is 4.79 Å². The number of rotatable bonds is 0. The van der Waals surface area contributed by atoms with Crippen molar-refractivity contribution >= 4 is 5.91 Å². The Balaban J connectivity index is 0.000000605. The van der Waals surface area contributed by atoms with Gasteiger partial charge < -0.3 is 5.32 Å². The monoisotopic (exact) mass is 137 g/mol. The molecule has 1 saturated heterocycles. The number of hydrogen-bond donors (Lipinski definition) is 1. The highest BCUT2D eigenvalue weighted by Crippen LogP contribution is 2.21. The number of nitrogens with one attached hydrogen (secondary N) is 1. The van der Waals surface area contributed by atoms with E-state index in [2.05, 4.69) is 11.4 Å². The van der Waals surface area contributed by atoms with E-state index in [1.807, 2.05) is 18.2 Å². The topological polar surface area (TPSA) is 29.1 Å². The molecule has 1 fully saturated rings. The predicted molar refractivity (Wildman–Crippen MR) is 40.4 cm³/mol. The molecule has 2 unspecified atom stereocenters. The number of amides is 1. The maximum absolute atomic E-state index is 10.8. The van der Waals surface area contributed by atoms with Crippen LogP contribution in [0.25, 0.3) is 0 Å². The lowest BCUT2D eigenvalue weighted by Crippen LogP contribution is -2.26. The van der Waals surface area contributed by atoms with Crippen LogP contribution >= 0.6 is 0 Å². The van der Waals surface area contributed by atoms with E-state index < -0.39 is 0 Å². The van der Waals surface area contributed by atoms with Crippen molar-refractivity contribution in [2.24, 2.45) is 5.92 Å². The summed E-state index contributed by atoms with van der Waals surface area (Å²) in [6.45, 7) is 0. The van der Waals surface area contributed by atoms with Crippen LogP contribution in [0.1, 0.15) is 7.85 Å². The molecule has 2 rings (SSSR count). The predicted octanol–water partition coefficient (Wildman–Crippen LogP) is 0.863. The van der Waals surface area contributed by atoms with Crippen LogP contribution in [-0.4, -0.2) is 11.9 Å². The lowest BCUT2D eigenvalue weighted by Gasteiger charge is -2.12. The summed E-state index contributed by atoms with van der Waals surface area (Å²) in [7, 11) is 0. The first kappa shape index (κ1) is 5.71. The van der Waals surface area contributed by atoms with E-state index >= 15 is 0 Å². The Morgan fingerprint density at radius 2 is 2.30 bits per heavy atom. The first-order valence-electron chi connectivity index (χ1n) is 3.50. The van der Waals surface area contributed by atoms with Gasteiger partial charge in [-0.05, 0) is 0 Å². The maximum atomic E-state index is 10.8. The molecule has 54 valence electrons. The summed E-state index contributed by atoms with van der Waals surface area (Å²) in [4.78, 5) is 10.8. The molecule has 2 heteroatoms. The van der Waals surface area contributed by atoms with Crippen LogP contribution in [0.5, 0.6) is 0 Å². The van der Waals surface area contributed by atoms with Crippen molar-refractivity contribution in [3.8, 4) is 0 Å². The van der Waals surface area contributed by atoms with E-state index in [0.717, 1.165) is 0 Å². The molecule has 0 radical (unpaired) electrons. The fourth-order valence-electron chi connectivity index (χ4n) is 1.46. The van der Waals surface area contributed by atoms with Crippen LogP contribution in [0, 0.1) is 5.92 Å². The molecule has 1 N–H and O–H groups in total. The van der Waals surface area contributed by atoms with Gasteiger partial charge >= 0.3 is 0 Å². The lowest BCUT2D eigenvalue weighted by atomic mass is 9.96. The molecule has 1 aliphatic heterocycles. The van der Waals surface area contributed by atoms with Crippen LogP contribution in [0.4, 0.5) is 0 Å². The fraction of sp³-hybridized carbons (Fsp3) is 0.375. The quantitative estimate of drug-likeness (QED) is 0.527. The average Bonchev–Trinajstić information content (AvgIpc) is 2.27. The Labute approximate surface area is 61.1 Å². The molecule has 2 atom stereocenters. The van der Waals surface area contributed by atoms with Gasteiger partial charge in [0, 0.05) is 13.8 Å². The summed E-state index contributed by atoms with van der Waals surface area (Å²) in [5.74, 6) is 0.587. The van der Waals surface area contributed by atoms with Gasteiger partial charge in [-0.25, -0.2) is 0 Å². The van der Waals surface area contributed by atoms with E-state index in [4.69, 9.17) is 0 Å². The molecule has 10 heavy (non-hydrogen) atoms. The van der Waals surface area contributed by atoms with Gasteiger partial charge in [-0.2, -0.15) is 0 Å². The largest absolute Gasteiger partial charge is 0.349 e. The second-order valence-electron chi connectivity index (χ2n) is 2.73. The number of fused-ring (bicyclic) bond motifs is 1. The van der Waals surface area contributed by atoms with Gasteiger partial charge in [0.1, 0.15) is 0 Å². The summed E-state index contributed by atoms with van der Waals surface area (Å²) in [6.07, 6.45) is 8.76. The van der Waals surface area contributed by atoms with Crippen molar-refractivity contribution in [2.75, 3.05) is 0 Å². The molecule has 0 aromatic rings. The van der Waals surface area contributed by atoms with E-state index in [-0.39, 0.29) is 13.4 Å². The van der Waals surface area contributed by atoms with E-state index in [0.29, 0.717) is 12.3 Å². The van der Waals surface area contributed by atoms with Crippen molar-refractivity contribution < 1.29 is 6.22 Å². The van der Waals surface area contributed by atoms with Gasteiger partial charge in [0.15, 0.2) is 0 Å². The van der Waals surface area contributed by atoms with E-state index in [9.17, 15) is 4.79 Å². The molecule has 1 aliphatic carbocycles. The van der Waals surface area contributed by atoms with E-state index in [1.54, 1.807) is 0 Å². The second kappa shape index (κ2) is 1.97. The van der Waals surface area contributed by atoms with E-state index in [1.165, 1.54) is 0 Å². The first-order chi connectivity index (χ1) is 4.86. The molecule has 0 aromatic carbocycles. The third kappa shape index (κ3) is 0.764. The smallest absolute Gasteiger partial charge is 0.221 e. The molecule has 2 nitrogen and oxygen atoms in total. The van der Waals surface area contributed by atoms with Crippen LogP contribution < -0.4 is 5.32 Å². The third-order valence-corrected chi connectivity index (χ3v) is 2.00. The molecule has 0 spiro atoms. The minimum absolute atomic E-state index is 0. The zero-order chi connectivity index (χ0) is 6.97. The zero-order valence-electron chi connectivity index (χ0n) is 5.58. The normalized spacial score (nSPS) is 35.8. The Kier molecular flexibility index (Phi) is 1.13. The van der Waals surface area contributed by atoms with Crippen molar-refractivity contribution in [3.63, 3.8) is 0 Å². The standard InChI is InChI=1S/C8H9NO.H2/c10-8-5-6-3-1-2-4-7(6)9-8;/h1-4,6-7H,5H2,(H,9,10);1H. The highest BCUT2D eigenvalue weighted by atomic mass is 16.1. The summed E-state index contributed by atoms with van der Waals surface area (Å²) in [5.41, 5.74) is 0. The van der Waals surface area contributed by atoms with Gasteiger partial charge in [0.2, 0.25) is 5.91 Å². The number of carbonyl (C=O) groups is 1. The zero-order valence-corrected chi connectivity index (χ0v) is 5.58. The summed E-state index contributed by atoms with van der Waals surface area (Å²) < 4.78 is 0. The summed E-state index contributed by atoms with van der Waals surface area (Å²) in [6, 6.07) is 0.275. The minimum Gasteiger partial charge on any atom is -0.349 e. The number of hydrogen-bond acceptors (Lipinski definition) is 1. The van der Waals surface area contributed by atoms with Crippen molar-refractivity contribution in [1.29, 1.82) is 0 Å². The molecule has 0 aromatic heterocycles. The SMILES string of the molecule is O=C1CC2C=CC=CC2N1.[HH]. The van der Waals surface area contributed by atoms with Gasteiger partial charge in [-0.1, -0.05) is 24.3 Å². The first-order valence-corrected chi connectivity index (χ1v) is 3.50. The van der Waals surface area contributed by atoms with Crippen molar-refractivity contribution in [1.82, 2.24) is 5.32 Å². The van der Waals surface area contributed by atoms with Gasteiger partial charge in [-0.3, -0.25) is 4.79 Å². The molecule has 2 aliphatic rings.